The molecule has 2 amide bonds. The summed E-state index contributed by atoms with van der Waals surface area (Å²) in [6.45, 7) is 7.36. The normalized spacial score (nSPS) is 9.82. The van der Waals surface area contributed by atoms with Crippen LogP contribution < -0.4 is 0 Å². The van der Waals surface area contributed by atoms with Crippen molar-refractivity contribution in [3.8, 4) is 0 Å². The van der Waals surface area contributed by atoms with Gasteiger partial charge in [-0.25, -0.2) is 4.89 Å². The van der Waals surface area contributed by atoms with E-state index < -0.39 is 17.4 Å². The first-order valence-electron chi connectivity index (χ1n) is 11.3. The molecule has 38 heavy (non-hydrogen) atoms. The smallest absolute Gasteiger partial charge is 0.622 e. The van der Waals surface area contributed by atoms with Crippen LogP contribution in [0.2, 0.25) is 0 Å². The quantitative estimate of drug-likeness (QED) is 0.215. The van der Waals surface area contributed by atoms with Crippen LogP contribution in [0.25, 0.3) is 10.6 Å². The van der Waals surface area contributed by atoms with Crippen LogP contribution in [0.1, 0.15) is 47.3 Å². The van der Waals surface area contributed by atoms with E-state index in [0.717, 1.165) is 0 Å². The summed E-state index contributed by atoms with van der Waals surface area (Å²) in [4.78, 5) is 40.0. The van der Waals surface area contributed by atoms with E-state index in [1.165, 1.54) is 18.0 Å². The van der Waals surface area contributed by atoms with Gasteiger partial charge in [-0.1, -0.05) is 36.4 Å². The van der Waals surface area contributed by atoms with Crippen LogP contribution in [0.4, 0.5) is 11.4 Å². The fourth-order valence-corrected chi connectivity index (χ4v) is 2.39. The van der Waals surface area contributed by atoms with Gasteiger partial charge in [-0.2, -0.15) is 0 Å². The van der Waals surface area contributed by atoms with Crippen molar-refractivity contribution in [1.82, 2.24) is 15.0 Å². The Morgan fingerprint density at radius 1 is 0.711 bits per heavy atom. The molecular formula is C28H29CoN5O4. The number of rotatable bonds is 4. The SMILES string of the molecule is CC(C)(C)OO.Cc1ccncc1.O=C([N-]c1ccccc1[N-]C(=O)c1ccccn1)c1ccccn1.[Co+2]. The zero-order valence-electron chi connectivity index (χ0n) is 21.5. The minimum absolute atomic E-state index is 0. The number of benzene rings is 1. The maximum absolute atomic E-state index is 12.2. The summed E-state index contributed by atoms with van der Waals surface area (Å²) in [5.41, 5.74) is 1.91. The van der Waals surface area contributed by atoms with Crippen molar-refractivity contribution in [2.45, 2.75) is 33.3 Å². The van der Waals surface area contributed by atoms with Crippen molar-refractivity contribution in [2.75, 3.05) is 0 Å². The second kappa shape index (κ2) is 16.7. The van der Waals surface area contributed by atoms with E-state index >= 15 is 0 Å². The molecule has 0 spiro atoms. The molecule has 0 aliphatic rings. The van der Waals surface area contributed by atoms with Crippen LogP contribution in [-0.4, -0.2) is 37.6 Å². The number of pyridine rings is 3. The molecule has 9 nitrogen and oxygen atoms in total. The van der Waals surface area contributed by atoms with E-state index in [9.17, 15) is 9.59 Å². The van der Waals surface area contributed by atoms with Gasteiger partial charge < -0.3 is 20.2 Å². The molecule has 1 aromatic carbocycles. The summed E-state index contributed by atoms with van der Waals surface area (Å²) in [5, 5.41) is 15.9. The van der Waals surface area contributed by atoms with E-state index in [-0.39, 0.29) is 28.2 Å². The topological polar surface area (TPSA) is 130 Å². The van der Waals surface area contributed by atoms with Crippen molar-refractivity contribution in [3.63, 3.8) is 0 Å². The van der Waals surface area contributed by atoms with Crippen molar-refractivity contribution < 1.29 is 36.5 Å². The zero-order valence-corrected chi connectivity index (χ0v) is 22.5. The molecule has 0 saturated carbocycles. The summed E-state index contributed by atoms with van der Waals surface area (Å²) in [7, 11) is 0. The molecule has 0 aliphatic carbocycles. The summed E-state index contributed by atoms with van der Waals surface area (Å²) >= 11 is 0. The summed E-state index contributed by atoms with van der Waals surface area (Å²) in [6, 6.07) is 20.6. The Hall–Kier alpha value is -3.96. The molecule has 1 radical (unpaired) electrons. The number of carbonyl (C=O) groups is 2. The van der Waals surface area contributed by atoms with Crippen molar-refractivity contribution in [1.29, 1.82) is 0 Å². The Labute approximate surface area is 232 Å². The van der Waals surface area contributed by atoms with Crippen LogP contribution in [0.3, 0.4) is 0 Å². The Bertz CT molecular complexity index is 1170. The van der Waals surface area contributed by atoms with E-state index in [2.05, 4.69) is 30.5 Å². The molecule has 0 saturated heterocycles. The number of carbonyl (C=O) groups excluding carboxylic acids is 2. The first-order chi connectivity index (χ1) is 17.7. The van der Waals surface area contributed by atoms with Gasteiger partial charge in [0.2, 0.25) is 0 Å². The third-order valence-corrected chi connectivity index (χ3v) is 4.21. The number of para-hydroxylation sites is 2. The number of aromatic nitrogens is 3. The molecule has 0 bridgehead atoms. The van der Waals surface area contributed by atoms with Crippen LogP contribution in [0.15, 0.2) is 97.6 Å². The average molecular weight is 559 g/mol. The fourth-order valence-electron chi connectivity index (χ4n) is 2.39. The van der Waals surface area contributed by atoms with Crippen LogP contribution in [0.5, 0.6) is 0 Å². The predicted molar refractivity (Wildman–Crippen MR) is 142 cm³/mol. The second-order valence-corrected chi connectivity index (χ2v) is 8.48. The number of hydrogen-bond donors (Lipinski definition) is 1. The molecule has 0 fully saturated rings. The molecule has 1 N–H and O–H groups in total. The largest absolute Gasteiger partial charge is 2.00 e. The molecule has 199 valence electrons. The molecule has 0 aliphatic heterocycles. The average Bonchev–Trinajstić information content (AvgIpc) is 2.91. The maximum atomic E-state index is 12.2. The molecule has 4 aromatic rings. The van der Waals surface area contributed by atoms with Gasteiger partial charge in [0.05, 0.1) is 17.0 Å². The maximum Gasteiger partial charge on any atom is 2.00 e. The van der Waals surface area contributed by atoms with Crippen molar-refractivity contribution >= 4 is 23.2 Å². The first-order valence-corrected chi connectivity index (χ1v) is 11.3. The number of amides is 2. The molecule has 4 rings (SSSR count). The summed E-state index contributed by atoms with van der Waals surface area (Å²) in [6.07, 6.45) is 6.61. The standard InChI is InChI=1S/C18H14N4O2.C6H7N.C4H10O2.Co/c23-17(15-9-3-5-11-19-15)21-13-7-1-2-8-14(13)22-18(24)16-10-4-6-12-20-16;1-6-2-4-7-5-3-6;1-4(2,3)6-5;/h1-12H,(H2,19,20,21,22,23,24);2-5H,1H3;5H,1-3H3;/q;;;+2/p-2. The number of hydrogen-bond acceptors (Lipinski definition) is 7. The van der Waals surface area contributed by atoms with Crippen molar-refractivity contribution in [3.05, 3.63) is 125 Å². The fraction of sp³-hybridized carbons (Fsp3) is 0.179. The molecule has 0 unspecified atom stereocenters. The number of aryl methyl sites for hydroxylation is 1. The summed E-state index contributed by atoms with van der Waals surface area (Å²) < 4.78 is 0. The Balaban J connectivity index is 0.000000425. The van der Waals surface area contributed by atoms with Gasteiger partial charge >= 0.3 is 16.8 Å². The molecule has 10 heteroatoms. The third-order valence-electron chi connectivity index (χ3n) is 4.21. The Morgan fingerprint density at radius 3 is 1.39 bits per heavy atom. The van der Waals surface area contributed by atoms with E-state index in [1.807, 2.05) is 19.1 Å². The molecular weight excluding hydrogens is 529 g/mol. The third kappa shape index (κ3) is 12.3. The zero-order chi connectivity index (χ0) is 27.1. The van der Waals surface area contributed by atoms with Gasteiger partial charge in [0.25, 0.3) is 0 Å². The van der Waals surface area contributed by atoms with Crippen LogP contribution in [0, 0.1) is 6.92 Å². The van der Waals surface area contributed by atoms with Gasteiger partial charge in [0, 0.05) is 24.8 Å². The Kier molecular flexibility index (Phi) is 14.1. The molecule has 3 heterocycles. The van der Waals surface area contributed by atoms with Crippen molar-refractivity contribution in [2.24, 2.45) is 0 Å². The van der Waals surface area contributed by atoms with Gasteiger partial charge in [-0.05, 0) is 69.7 Å². The minimum atomic E-state index is -0.497. The first kappa shape index (κ1) is 32.1. The Morgan fingerprint density at radius 2 is 1.11 bits per heavy atom. The van der Waals surface area contributed by atoms with Gasteiger partial charge in [0.15, 0.2) is 0 Å². The second-order valence-electron chi connectivity index (χ2n) is 8.48. The van der Waals surface area contributed by atoms with E-state index in [1.54, 1.807) is 93.8 Å². The number of nitrogens with zero attached hydrogens (tertiary/aromatic N) is 5. The molecule has 0 atom stereocenters. The van der Waals surface area contributed by atoms with Gasteiger partial charge in [-0.15, -0.1) is 11.4 Å². The summed E-state index contributed by atoms with van der Waals surface area (Å²) in [5.74, 6) is -0.993. The molecule has 3 aromatic heterocycles. The van der Waals surface area contributed by atoms with Gasteiger partial charge in [0.1, 0.15) is 11.8 Å². The monoisotopic (exact) mass is 558 g/mol. The minimum Gasteiger partial charge on any atom is -0.622 e. The van der Waals surface area contributed by atoms with Crippen LogP contribution in [-0.2, 0) is 21.7 Å². The van der Waals surface area contributed by atoms with Gasteiger partial charge in [-0.3, -0.25) is 20.2 Å². The van der Waals surface area contributed by atoms with E-state index in [4.69, 9.17) is 5.26 Å². The predicted octanol–water partition coefficient (Wildman–Crippen LogP) is 6.83. The van der Waals surface area contributed by atoms with E-state index in [0.29, 0.717) is 11.4 Å². The van der Waals surface area contributed by atoms with Crippen LogP contribution >= 0.6 is 0 Å².